The SMILES string of the molecule is COc1ccc(OC)c(/C=C/C(=O)OCC(=O)N2CCN(C(=O)c3ccco3)CC2)c1. The molecule has 164 valence electrons. The van der Waals surface area contributed by atoms with E-state index >= 15 is 0 Å². The Hall–Kier alpha value is -3.75. The molecule has 0 radical (unpaired) electrons. The quantitative estimate of drug-likeness (QED) is 0.490. The van der Waals surface area contributed by atoms with Gasteiger partial charge in [-0.05, 0) is 36.4 Å². The first kappa shape index (κ1) is 21.9. The van der Waals surface area contributed by atoms with Crippen molar-refractivity contribution >= 4 is 23.9 Å². The van der Waals surface area contributed by atoms with Gasteiger partial charge in [-0.25, -0.2) is 4.79 Å². The molecule has 2 aromatic rings. The number of esters is 1. The molecule has 0 unspecified atom stereocenters. The van der Waals surface area contributed by atoms with Gasteiger partial charge in [0.15, 0.2) is 12.4 Å². The van der Waals surface area contributed by atoms with Crippen LogP contribution in [0.5, 0.6) is 11.5 Å². The first-order valence-electron chi connectivity index (χ1n) is 9.69. The third-order valence-corrected chi connectivity index (χ3v) is 4.83. The van der Waals surface area contributed by atoms with Gasteiger partial charge in [0.2, 0.25) is 0 Å². The summed E-state index contributed by atoms with van der Waals surface area (Å²) in [6.07, 6.45) is 4.21. The van der Waals surface area contributed by atoms with E-state index in [0.717, 1.165) is 0 Å². The van der Waals surface area contributed by atoms with Crippen molar-refractivity contribution in [3.8, 4) is 11.5 Å². The average Bonchev–Trinajstić information content (AvgIpc) is 3.35. The Morgan fingerprint density at radius 2 is 1.77 bits per heavy atom. The Bertz CT molecular complexity index is 945. The minimum Gasteiger partial charge on any atom is -0.497 e. The molecule has 2 amide bonds. The predicted molar refractivity (Wildman–Crippen MR) is 111 cm³/mol. The first-order valence-corrected chi connectivity index (χ1v) is 9.69. The largest absolute Gasteiger partial charge is 0.497 e. The molecule has 1 saturated heterocycles. The van der Waals surface area contributed by atoms with E-state index in [4.69, 9.17) is 18.6 Å². The highest BCUT2D eigenvalue weighted by molar-refractivity contribution is 5.92. The van der Waals surface area contributed by atoms with E-state index in [-0.39, 0.29) is 24.2 Å². The fourth-order valence-corrected chi connectivity index (χ4v) is 3.11. The number of hydrogen-bond donors (Lipinski definition) is 0. The van der Waals surface area contributed by atoms with Crippen LogP contribution in [0.2, 0.25) is 0 Å². The molecule has 9 nitrogen and oxygen atoms in total. The second-order valence-electron chi connectivity index (χ2n) is 6.70. The van der Waals surface area contributed by atoms with Gasteiger partial charge in [-0.15, -0.1) is 0 Å². The van der Waals surface area contributed by atoms with E-state index < -0.39 is 5.97 Å². The van der Waals surface area contributed by atoms with Crippen molar-refractivity contribution in [3.05, 3.63) is 54.0 Å². The lowest BCUT2D eigenvalue weighted by molar-refractivity contribution is -0.148. The molecule has 9 heteroatoms. The number of furan rings is 1. The van der Waals surface area contributed by atoms with Gasteiger partial charge >= 0.3 is 5.97 Å². The van der Waals surface area contributed by atoms with E-state index in [1.165, 1.54) is 25.5 Å². The molecule has 1 aromatic carbocycles. The second-order valence-corrected chi connectivity index (χ2v) is 6.70. The molecule has 0 spiro atoms. The van der Waals surface area contributed by atoms with Crippen LogP contribution in [-0.2, 0) is 14.3 Å². The number of carbonyl (C=O) groups excluding carboxylic acids is 3. The summed E-state index contributed by atoms with van der Waals surface area (Å²) in [6.45, 7) is 1.12. The van der Waals surface area contributed by atoms with Crippen molar-refractivity contribution in [2.24, 2.45) is 0 Å². The number of benzene rings is 1. The van der Waals surface area contributed by atoms with Crippen LogP contribution < -0.4 is 9.47 Å². The van der Waals surface area contributed by atoms with Crippen LogP contribution in [0.25, 0.3) is 6.08 Å². The molecule has 0 bridgehead atoms. The Balaban J connectivity index is 1.46. The maximum atomic E-state index is 12.3. The zero-order chi connectivity index (χ0) is 22.2. The van der Waals surface area contributed by atoms with Crippen LogP contribution in [0.4, 0.5) is 0 Å². The van der Waals surface area contributed by atoms with Crippen LogP contribution in [0.3, 0.4) is 0 Å². The van der Waals surface area contributed by atoms with Crippen molar-refractivity contribution in [1.29, 1.82) is 0 Å². The normalized spacial score (nSPS) is 13.9. The Morgan fingerprint density at radius 1 is 1.03 bits per heavy atom. The van der Waals surface area contributed by atoms with Crippen molar-refractivity contribution in [1.82, 2.24) is 9.80 Å². The summed E-state index contributed by atoms with van der Waals surface area (Å²) in [5, 5.41) is 0. The number of ether oxygens (including phenoxy) is 3. The van der Waals surface area contributed by atoms with Crippen molar-refractivity contribution in [3.63, 3.8) is 0 Å². The van der Waals surface area contributed by atoms with Crippen LogP contribution in [0, 0.1) is 0 Å². The number of hydrogen-bond acceptors (Lipinski definition) is 7. The van der Waals surface area contributed by atoms with Gasteiger partial charge < -0.3 is 28.4 Å². The van der Waals surface area contributed by atoms with Gasteiger partial charge in [0.25, 0.3) is 11.8 Å². The number of amides is 2. The molecule has 0 atom stereocenters. The highest BCUT2D eigenvalue weighted by Crippen LogP contribution is 2.25. The third-order valence-electron chi connectivity index (χ3n) is 4.83. The van der Waals surface area contributed by atoms with Gasteiger partial charge in [0.1, 0.15) is 11.5 Å². The first-order chi connectivity index (χ1) is 15.0. The van der Waals surface area contributed by atoms with E-state index in [1.807, 2.05) is 0 Å². The van der Waals surface area contributed by atoms with Crippen LogP contribution >= 0.6 is 0 Å². The predicted octanol–water partition coefficient (Wildman–Crippen LogP) is 1.84. The summed E-state index contributed by atoms with van der Waals surface area (Å²) >= 11 is 0. The molecule has 0 saturated carbocycles. The molecule has 31 heavy (non-hydrogen) atoms. The number of nitrogens with zero attached hydrogens (tertiary/aromatic N) is 2. The minimum absolute atomic E-state index is 0.207. The second kappa shape index (κ2) is 10.3. The van der Waals surface area contributed by atoms with Crippen LogP contribution in [-0.4, -0.2) is 74.6 Å². The summed E-state index contributed by atoms with van der Waals surface area (Å²) in [5.74, 6) is 0.294. The zero-order valence-corrected chi connectivity index (χ0v) is 17.4. The van der Waals surface area contributed by atoms with Gasteiger partial charge in [-0.3, -0.25) is 9.59 Å². The van der Waals surface area contributed by atoms with Gasteiger partial charge in [0, 0.05) is 37.8 Å². The molecule has 1 aliphatic rings. The smallest absolute Gasteiger partial charge is 0.331 e. The van der Waals surface area contributed by atoms with Gasteiger partial charge in [-0.2, -0.15) is 0 Å². The van der Waals surface area contributed by atoms with E-state index in [2.05, 4.69) is 0 Å². The van der Waals surface area contributed by atoms with Gasteiger partial charge in [0.05, 0.1) is 20.5 Å². The molecule has 1 aliphatic heterocycles. The molecular weight excluding hydrogens is 404 g/mol. The molecule has 0 N–H and O–H groups in total. The summed E-state index contributed by atoms with van der Waals surface area (Å²) in [7, 11) is 3.07. The lowest BCUT2D eigenvalue weighted by atomic mass is 10.1. The standard InChI is InChI=1S/C22H24N2O7/c1-28-17-6-7-18(29-2)16(14-17)5-8-21(26)31-15-20(25)23-9-11-24(12-10-23)22(27)19-4-3-13-30-19/h3-8,13-14H,9-12,15H2,1-2H3/b8-5+. The number of methoxy groups -OCH3 is 2. The average molecular weight is 428 g/mol. The maximum Gasteiger partial charge on any atom is 0.331 e. The summed E-state index contributed by atoms with van der Waals surface area (Å²) in [5.41, 5.74) is 0.641. The molecule has 1 fully saturated rings. The van der Waals surface area contributed by atoms with Gasteiger partial charge in [-0.1, -0.05) is 0 Å². The van der Waals surface area contributed by atoms with E-state index in [9.17, 15) is 14.4 Å². The maximum absolute atomic E-state index is 12.3. The zero-order valence-electron chi connectivity index (χ0n) is 17.4. The van der Waals surface area contributed by atoms with Crippen molar-refractivity contribution in [2.45, 2.75) is 0 Å². The number of piperazine rings is 1. The highest BCUT2D eigenvalue weighted by Gasteiger charge is 2.26. The molecule has 2 heterocycles. The molecule has 0 aliphatic carbocycles. The Labute approximate surface area is 179 Å². The lowest BCUT2D eigenvalue weighted by Crippen LogP contribution is -2.51. The molecule has 3 rings (SSSR count). The fourth-order valence-electron chi connectivity index (χ4n) is 3.11. The monoisotopic (exact) mass is 428 g/mol. The molecular formula is C22H24N2O7. The Kier molecular flexibility index (Phi) is 7.31. The highest BCUT2D eigenvalue weighted by atomic mass is 16.5. The number of carbonyl (C=O) groups is 3. The van der Waals surface area contributed by atoms with E-state index in [0.29, 0.717) is 43.2 Å². The summed E-state index contributed by atoms with van der Waals surface area (Å²) < 4.78 is 20.6. The van der Waals surface area contributed by atoms with Crippen molar-refractivity contribution in [2.75, 3.05) is 47.0 Å². The minimum atomic E-state index is -0.648. The van der Waals surface area contributed by atoms with Crippen LogP contribution in [0.1, 0.15) is 16.1 Å². The summed E-state index contributed by atoms with van der Waals surface area (Å²) in [6, 6.07) is 8.45. The topological polar surface area (TPSA) is 98.5 Å². The fraction of sp³-hybridized carbons (Fsp3) is 0.318. The van der Waals surface area contributed by atoms with Crippen molar-refractivity contribution < 1.29 is 33.0 Å². The Morgan fingerprint density at radius 3 is 2.42 bits per heavy atom. The third kappa shape index (κ3) is 5.65. The van der Waals surface area contributed by atoms with E-state index in [1.54, 1.807) is 47.2 Å². The van der Waals surface area contributed by atoms with Crippen LogP contribution in [0.15, 0.2) is 47.1 Å². The molecule has 1 aromatic heterocycles. The lowest BCUT2D eigenvalue weighted by Gasteiger charge is -2.34. The number of rotatable bonds is 7. The summed E-state index contributed by atoms with van der Waals surface area (Å²) in [4.78, 5) is 39.8.